The van der Waals surface area contributed by atoms with Crippen LogP contribution in [0, 0.1) is 17.8 Å². The molecule has 0 radical (unpaired) electrons. The molecule has 3 aliphatic rings. The van der Waals surface area contributed by atoms with Crippen molar-refractivity contribution in [2.75, 3.05) is 40.5 Å². The van der Waals surface area contributed by atoms with E-state index in [0.717, 1.165) is 36.6 Å². The Morgan fingerprint density at radius 3 is 2.89 bits per heavy atom. The number of methoxy groups -OCH3 is 1. The fraction of sp³-hybridized carbons (Fsp3) is 0.636. The van der Waals surface area contributed by atoms with Gasteiger partial charge in [-0.1, -0.05) is 13.8 Å². The molecule has 0 amide bonds. The molecule has 0 aromatic heterocycles. The summed E-state index contributed by atoms with van der Waals surface area (Å²) in [4.78, 5) is 2.41. The second-order valence-electron chi connectivity index (χ2n) is 8.94. The number of ether oxygens (including phenoxy) is 2. The van der Waals surface area contributed by atoms with Crippen LogP contribution in [0.25, 0.3) is 6.08 Å². The van der Waals surface area contributed by atoms with Crippen molar-refractivity contribution in [3.05, 3.63) is 29.3 Å². The van der Waals surface area contributed by atoms with Gasteiger partial charge in [0.2, 0.25) is 0 Å². The first-order valence-electron chi connectivity index (χ1n) is 10.0. The maximum absolute atomic E-state index is 10.4. The van der Waals surface area contributed by atoms with Crippen molar-refractivity contribution in [3.8, 4) is 11.5 Å². The monoisotopic (exact) mass is 372 g/mol. The van der Waals surface area contributed by atoms with Gasteiger partial charge in [0.25, 0.3) is 0 Å². The average Bonchev–Trinajstić information content (AvgIpc) is 3.17. The first kappa shape index (κ1) is 18.8. The van der Waals surface area contributed by atoms with Gasteiger partial charge in [-0.15, -0.1) is 0 Å². The van der Waals surface area contributed by atoms with Crippen LogP contribution in [-0.4, -0.2) is 62.0 Å². The van der Waals surface area contributed by atoms with Gasteiger partial charge in [-0.05, 0) is 61.1 Å². The summed E-state index contributed by atoms with van der Waals surface area (Å²) in [5.74, 6) is 3.26. The van der Waals surface area contributed by atoms with Crippen LogP contribution in [0.15, 0.2) is 23.8 Å². The minimum Gasteiger partial charge on any atom is -0.497 e. The molecule has 0 spiro atoms. The summed E-state index contributed by atoms with van der Waals surface area (Å²) >= 11 is 0. The van der Waals surface area contributed by atoms with E-state index < -0.39 is 0 Å². The molecule has 4 atom stereocenters. The Morgan fingerprint density at radius 2 is 2.19 bits per heavy atom. The SMILES string of the molecule is COc1ccc2c(c1)C=C([C@H]1N[C@](CO)(CC(C)C)[C@H]3CN(C)C[C@@H]13)CO2. The van der Waals surface area contributed by atoms with Crippen LogP contribution in [-0.2, 0) is 0 Å². The highest BCUT2D eigenvalue weighted by atomic mass is 16.5. The fourth-order valence-corrected chi connectivity index (χ4v) is 5.49. The smallest absolute Gasteiger partial charge is 0.127 e. The number of rotatable bonds is 5. The predicted octanol–water partition coefficient (Wildman–Crippen LogP) is 2.40. The number of hydrogen-bond acceptors (Lipinski definition) is 5. The van der Waals surface area contributed by atoms with Gasteiger partial charge in [-0.2, -0.15) is 0 Å². The predicted molar refractivity (Wildman–Crippen MR) is 107 cm³/mol. The van der Waals surface area contributed by atoms with Crippen molar-refractivity contribution >= 4 is 6.08 Å². The maximum Gasteiger partial charge on any atom is 0.127 e. The van der Waals surface area contributed by atoms with E-state index in [1.165, 1.54) is 5.57 Å². The third kappa shape index (κ3) is 3.26. The standard InChI is InChI=1S/C22H32N2O3/c1-14(2)9-22(13-25)19-11-24(3)10-18(19)21(23-22)16-7-15-8-17(26-4)5-6-20(15)27-12-16/h5-8,14,18-19,21,23,25H,9-13H2,1-4H3/t18-,19+,21-,22+/m1/s1. The van der Waals surface area contributed by atoms with Gasteiger partial charge in [0, 0.05) is 30.2 Å². The lowest BCUT2D eigenvalue weighted by molar-refractivity contribution is 0.109. The minimum absolute atomic E-state index is 0.190. The van der Waals surface area contributed by atoms with E-state index in [9.17, 15) is 5.11 Å². The molecule has 0 bridgehead atoms. The lowest BCUT2D eigenvalue weighted by Crippen LogP contribution is -2.53. The van der Waals surface area contributed by atoms with Crippen molar-refractivity contribution in [2.24, 2.45) is 17.8 Å². The van der Waals surface area contributed by atoms with E-state index in [2.05, 4.69) is 37.2 Å². The molecule has 5 nitrogen and oxygen atoms in total. The second kappa shape index (κ2) is 7.12. The van der Waals surface area contributed by atoms with Gasteiger partial charge in [0.1, 0.15) is 18.1 Å². The van der Waals surface area contributed by atoms with E-state index in [1.54, 1.807) is 7.11 Å². The summed E-state index contributed by atoms with van der Waals surface area (Å²) < 4.78 is 11.4. The number of likely N-dealkylation sites (tertiary alicyclic amines) is 1. The molecule has 1 aromatic carbocycles. The van der Waals surface area contributed by atoms with Crippen molar-refractivity contribution in [1.29, 1.82) is 0 Å². The van der Waals surface area contributed by atoms with Gasteiger partial charge in [0.15, 0.2) is 0 Å². The third-order valence-electron chi connectivity index (χ3n) is 6.53. The summed E-state index contributed by atoms with van der Waals surface area (Å²) in [6.07, 6.45) is 3.25. The zero-order valence-electron chi connectivity index (χ0n) is 16.9. The number of aliphatic hydroxyl groups excluding tert-OH is 1. The number of nitrogens with zero attached hydrogens (tertiary/aromatic N) is 1. The van der Waals surface area contributed by atoms with Crippen LogP contribution < -0.4 is 14.8 Å². The van der Waals surface area contributed by atoms with E-state index in [1.807, 2.05) is 18.2 Å². The topological polar surface area (TPSA) is 54.0 Å². The fourth-order valence-electron chi connectivity index (χ4n) is 5.49. The Bertz CT molecular complexity index is 732. The summed E-state index contributed by atoms with van der Waals surface area (Å²) in [5.41, 5.74) is 2.15. The molecule has 2 saturated heterocycles. The van der Waals surface area contributed by atoms with Crippen molar-refractivity contribution in [1.82, 2.24) is 10.2 Å². The third-order valence-corrected chi connectivity index (χ3v) is 6.53. The lowest BCUT2D eigenvalue weighted by atomic mass is 9.76. The molecule has 0 saturated carbocycles. The Labute approximate surface area is 162 Å². The summed E-state index contributed by atoms with van der Waals surface area (Å²) in [7, 11) is 3.88. The van der Waals surface area contributed by atoms with Crippen LogP contribution in [0.4, 0.5) is 0 Å². The zero-order chi connectivity index (χ0) is 19.2. The molecule has 1 aromatic rings. The normalized spacial score (nSPS) is 32.8. The largest absolute Gasteiger partial charge is 0.497 e. The van der Waals surface area contributed by atoms with Crippen LogP contribution >= 0.6 is 0 Å². The molecule has 3 heterocycles. The number of fused-ring (bicyclic) bond motifs is 2. The molecule has 4 rings (SSSR count). The molecular formula is C22H32N2O3. The number of benzene rings is 1. The van der Waals surface area contributed by atoms with E-state index in [0.29, 0.717) is 24.4 Å². The summed E-state index contributed by atoms with van der Waals surface area (Å²) in [6, 6.07) is 6.19. The Kier molecular flexibility index (Phi) is 4.95. The van der Waals surface area contributed by atoms with Crippen LogP contribution in [0.5, 0.6) is 11.5 Å². The molecule has 0 unspecified atom stereocenters. The highest BCUT2D eigenvalue weighted by molar-refractivity contribution is 5.65. The Morgan fingerprint density at radius 1 is 1.37 bits per heavy atom. The zero-order valence-corrected chi connectivity index (χ0v) is 16.9. The second-order valence-corrected chi connectivity index (χ2v) is 8.94. The summed E-state index contributed by atoms with van der Waals surface area (Å²) in [5, 5.41) is 14.3. The van der Waals surface area contributed by atoms with Gasteiger partial charge in [-0.3, -0.25) is 0 Å². The molecule has 0 aliphatic carbocycles. The van der Waals surface area contributed by atoms with Gasteiger partial charge in [-0.25, -0.2) is 0 Å². The molecule has 3 aliphatic heterocycles. The quantitative estimate of drug-likeness (QED) is 0.831. The van der Waals surface area contributed by atoms with Crippen LogP contribution in [0.3, 0.4) is 0 Å². The molecule has 2 fully saturated rings. The molecule has 5 heteroatoms. The number of nitrogens with one attached hydrogen (secondary N) is 1. The van der Waals surface area contributed by atoms with Crippen LogP contribution in [0.1, 0.15) is 25.8 Å². The van der Waals surface area contributed by atoms with E-state index in [-0.39, 0.29) is 18.2 Å². The van der Waals surface area contributed by atoms with Crippen molar-refractivity contribution in [2.45, 2.75) is 31.8 Å². The first-order chi connectivity index (χ1) is 13.0. The Hall–Kier alpha value is -1.56. The number of aliphatic hydroxyl groups is 1. The molecule has 2 N–H and O–H groups in total. The first-order valence-corrected chi connectivity index (χ1v) is 10.0. The van der Waals surface area contributed by atoms with E-state index >= 15 is 0 Å². The minimum atomic E-state index is -0.205. The van der Waals surface area contributed by atoms with Crippen molar-refractivity contribution in [3.63, 3.8) is 0 Å². The highest BCUT2D eigenvalue weighted by Crippen LogP contribution is 2.46. The van der Waals surface area contributed by atoms with Gasteiger partial charge in [0.05, 0.1) is 13.7 Å². The van der Waals surface area contributed by atoms with Gasteiger partial charge >= 0.3 is 0 Å². The van der Waals surface area contributed by atoms with Gasteiger partial charge < -0.3 is 24.8 Å². The molecule has 27 heavy (non-hydrogen) atoms. The number of hydrogen-bond donors (Lipinski definition) is 2. The van der Waals surface area contributed by atoms with E-state index in [4.69, 9.17) is 9.47 Å². The average molecular weight is 373 g/mol. The van der Waals surface area contributed by atoms with Crippen molar-refractivity contribution < 1.29 is 14.6 Å². The maximum atomic E-state index is 10.4. The summed E-state index contributed by atoms with van der Waals surface area (Å²) in [6.45, 7) is 7.38. The highest BCUT2D eigenvalue weighted by Gasteiger charge is 2.56. The lowest BCUT2D eigenvalue weighted by Gasteiger charge is -2.36. The molecular weight excluding hydrogens is 340 g/mol. The van der Waals surface area contributed by atoms with Crippen LogP contribution in [0.2, 0.25) is 0 Å². The Balaban J connectivity index is 1.68. The molecule has 148 valence electrons.